The third-order valence-corrected chi connectivity index (χ3v) is 2.81. The van der Waals surface area contributed by atoms with Gasteiger partial charge in [0.15, 0.2) is 0 Å². The van der Waals surface area contributed by atoms with E-state index in [2.05, 4.69) is 6.07 Å². The number of ether oxygens (including phenoxy) is 1. The minimum absolute atomic E-state index is 0. The van der Waals surface area contributed by atoms with Crippen molar-refractivity contribution in [3.63, 3.8) is 0 Å². The summed E-state index contributed by atoms with van der Waals surface area (Å²) in [5.74, 6) is -0.0975. The summed E-state index contributed by atoms with van der Waals surface area (Å²) in [7, 11) is 0. The second kappa shape index (κ2) is 10.6. The van der Waals surface area contributed by atoms with Gasteiger partial charge >= 0.3 is 5.97 Å². The van der Waals surface area contributed by atoms with E-state index in [1.54, 1.807) is 18.2 Å². The van der Waals surface area contributed by atoms with Crippen molar-refractivity contribution < 1.29 is 47.3 Å². The van der Waals surface area contributed by atoms with Gasteiger partial charge in [-0.05, 0) is 24.3 Å². The van der Waals surface area contributed by atoms with E-state index >= 15 is 0 Å². The Bertz CT molecular complexity index is 722. The van der Waals surface area contributed by atoms with Crippen molar-refractivity contribution in [3.8, 4) is 11.5 Å². The van der Waals surface area contributed by atoms with Gasteiger partial charge in [-0.2, -0.15) is 36.4 Å². The molecule has 0 aliphatic heterocycles. The molecule has 5 heteroatoms. The smallest absolute Gasteiger partial charge is 0.334 e. The van der Waals surface area contributed by atoms with Crippen LogP contribution in [-0.4, -0.2) is 11.1 Å². The van der Waals surface area contributed by atoms with Crippen molar-refractivity contribution in [1.29, 1.82) is 0 Å². The van der Waals surface area contributed by atoms with Crippen LogP contribution in [0.2, 0.25) is 0 Å². The Kier molecular flexibility index (Phi) is 8.76. The second-order valence-corrected chi connectivity index (χ2v) is 4.51. The molecular formula is C19H15NO3Y-2. The molecule has 24 heavy (non-hydrogen) atoms. The number of para-hydroxylation sites is 1. The van der Waals surface area contributed by atoms with Gasteiger partial charge in [-0.15, -0.1) is 5.69 Å². The first-order chi connectivity index (χ1) is 11.2. The summed E-state index contributed by atoms with van der Waals surface area (Å²) in [5, 5.41) is 8.88. The van der Waals surface area contributed by atoms with E-state index in [1.165, 1.54) is 12.1 Å². The van der Waals surface area contributed by atoms with E-state index in [0.29, 0.717) is 11.5 Å². The van der Waals surface area contributed by atoms with Gasteiger partial charge in [0.25, 0.3) is 0 Å². The maximum atomic E-state index is 10.9. The predicted molar refractivity (Wildman–Crippen MR) is 89.2 cm³/mol. The molecule has 4 nitrogen and oxygen atoms in total. The molecule has 0 spiro atoms. The number of carbonyl (C=O) groups is 1. The summed E-state index contributed by atoms with van der Waals surface area (Å²) in [4.78, 5) is 10.9. The van der Waals surface area contributed by atoms with E-state index in [0.717, 1.165) is 0 Å². The SMILES string of the molecule is [NH-]c1ccc(Oc2ccccc2)cc1C(=O)O.[Y].[c-]1ccccc1. The Hall–Kier alpha value is -2.17. The summed E-state index contributed by atoms with van der Waals surface area (Å²) in [5.41, 5.74) is 7.34. The Balaban J connectivity index is 0.000000349. The van der Waals surface area contributed by atoms with Crippen LogP contribution in [0.3, 0.4) is 0 Å². The summed E-state index contributed by atoms with van der Waals surface area (Å²) in [6, 6.07) is 25.9. The zero-order chi connectivity index (χ0) is 16.5. The minimum Gasteiger partial charge on any atom is -0.698 e. The first kappa shape index (κ1) is 19.9. The van der Waals surface area contributed by atoms with Crippen LogP contribution >= 0.6 is 0 Å². The van der Waals surface area contributed by atoms with E-state index in [4.69, 9.17) is 15.6 Å². The van der Waals surface area contributed by atoms with Crippen molar-refractivity contribution >= 4 is 11.7 Å². The molecule has 3 aromatic rings. The third kappa shape index (κ3) is 6.53. The molecule has 1 radical (unpaired) electrons. The zero-order valence-electron chi connectivity index (χ0n) is 12.8. The fraction of sp³-hybridized carbons (Fsp3) is 0. The van der Waals surface area contributed by atoms with Crippen molar-refractivity contribution in [2.45, 2.75) is 0 Å². The van der Waals surface area contributed by atoms with Crippen LogP contribution in [0.1, 0.15) is 10.4 Å². The molecule has 0 aliphatic rings. The molecule has 3 aromatic carbocycles. The molecule has 2 N–H and O–H groups in total. The number of carboxylic acids is 1. The van der Waals surface area contributed by atoms with Gasteiger partial charge in [-0.1, -0.05) is 24.3 Å². The molecule has 0 atom stereocenters. The van der Waals surface area contributed by atoms with Gasteiger partial charge in [-0.3, -0.25) is 0 Å². The summed E-state index contributed by atoms with van der Waals surface area (Å²) in [6.45, 7) is 0. The van der Waals surface area contributed by atoms with Gasteiger partial charge in [0.05, 0.1) is 0 Å². The number of hydrogen-bond acceptors (Lipinski definition) is 2. The van der Waals surface area contributed by atoms with Gasteiger partial charge in [-0.25, -0.2) is 4.79 Å². The van der Waals surface area contributed by atoms with Gasteiger partial charge in [0, 0.05) is 38.3 Å². The van der Waals surface area contributed by atoms with Crippen LogP contribution in [0.25, 0.3) is 5.73 Å². The minimum atomic E-state index is -1.13. The van der Waals surface area contributed by atoms with Crippen LogP contribution in [0.15, 0.2) is 78.9 Å². The molecule has 3 rings (SSSR count). The van der Waals surface area contributed by atoms with E-state index in [1.807, 2.05) is 48.5 Å². The van der Waals surface area contributed by atoms with Gasteiger partial charge in [0.2, 0.25) is 0 Å². The Labute approximate surface area is 166 Å². The molecule has 0 aromatic heterocycles. The Morgan fingerprint density at radius 2 is 1.54 bits per heavy atom. The van der Waals surface area contributed by atoms with Crippen molar-refractivity contribution in [2.24, 2.45) is 0 Å². The molecule has 0 saturated carbocycles. The van der Waals surface area contributed by atoms with Crippen molar-refractivity contribution in [1.82, 2.24) is 0 Å². The maximum Gasteiger partial charge on any atom is 0.334 e. The molecule has 0 heterocycles. The monoisotopic (exact) mass is 394 g/mol. The average molecular weight is 394 g/mol. The molecule has 0 amide bonds. The molecule has 0 unspecified atom stereocenters. The fourth-order valence-corrected chi connectivity index (χ4v) is 1.73. The van der Waals surface area contributed by atoms with E-state index in [9.17, 15) is 4.79 Å². The number of carboxylic acid groups (broad SMARTS) is 1. The Morgan fingerprint density at radius 1 is 0.917 bits per heavy atom. The molecule has 0 bridgehead atoms. The van der Waals surface area contributed by atoms with Crippen LogP contribution in [-0.2, 0) is 32.7 Å². The second-order valence-electron chi connectivity index (χ2n) is 4.51. The van der Waals surface area contributed by atoms with Crippen molar-refractivity contribution in [3.05, 3.63) is 96.2 Å². The molecule has 0 aliphatic carbocycles. The number of benzene rings is 3. The standard InChI is InChI=1S/C13H10NO3.C6H5.Y/c14-12-7-6-10(8-11(12)13(15)16)17-9-4-2-1-3-5-9;1-2-4-6-5-3-1;/h1-8,14H,(H,15,16);1-5H;/q2*-1;. The number of aromatic carboxylic acids is 1. The topological polar surface area (TPSA) is 70.3 Å². The van der Waals surface area contributed by atoms with Gasteiger partial charge < -0.3 is 15.6 Å². The number of nitrogens with one attached hydrogen (secondary N) is 1. The van der Waals surface area contributed by atoms with Crippen LogP contribution < -0.4 is 4.74 Å². The van der Waals surface area contributed by atoms with Gasteiger partial charge in [0.1, 0.15) is 11.5 Å². The predicted octanol–water partition coefficient (Wildman–Crippen LogP) is 5.35. The first-order valence-corrected chi connectivity index (χ1v) is 6.90. The molecule has 119 valence electrons. The third-order valence-electron chi connectivity index (χ3n) is 2.81. The Morgan fingerprint density at radius 3 is 2.04 bits per heavy atom. The molecular weight excluding hydrogens is 379 g/mol. The van der Waals surface area contributed by atoms with E-state index < -0.39 is 5.97 Å². The zero-order valence-corrected chi connectivity index (χ0v) is 15.7. The summed E-state index contributed by atoms with van der Waals surface area (Å²) >= 11 is 0. The molecule has 0 fully saturated rings. The first-order valence-electron chi connectivity index (χ1n) is 6.90. The van der Waals surface area contributed by atoms with Crippen LogP contribution in [0, 0.1) is 6.07 Å². The molecule has 0 saturated heterocycles. The van der Waals surface area contributed by atoms with Crippen LogP contribution in [0.4, 0.5) is 5.69 Å². The quantitative estimate of drug-likeness (QED) is 0.610. The normalized spacial score (nSPS) is 9.00. The maximum absolute atomic E-state index is 10.9. The van der Waals surface area contributed by atoms with Crippen molar-refractivity contribution in [2.75, 3.05) is 0 Å². The fourth-order valence-electron chi connectivity index (χ4n) is 1.73. The van der Waals surface area contributed by atoms with Crippen LogP contribution in [0.5, 0.6) is 11.5 Å². The van der Waals surface area contributed by atoms with E-state index in [-0.39, 0.29) is 44.0 Å². The number of hydrogen-bond donors (Lipinski definition) is 1. The average Bonchev–Trinajstić information content (AvgIpc) is 2.59. The number of rotatable bonds is 3. The summed E-state index contributed by atoms with van der Waals surface area (Å²) in [6.07, 6.45) is 0. The summed E-state index contributed by atoms with van der Waals surface area (Å²) < 4.78 is 5.48. The largest absolute Gasteiger partial charge is 0.698 e.